The van der Waals surface area contributed by atoms with Crippen molar-refractivity contribution in [2.75, 3.05) is 15.9 Å². The van der Waals surface area contributed by atoms with Gasteiger partial charge in [-0.2, -0.15) is 0 Å². The smallest absolute Gasteiger partial charge is 0.393 e. The fraction of sp³-hybridized carbons (Fsp3) is 0.364. The van der Waals surface area contributed by atoms with Gasteiger partial charge in [-0.05, 0) is 12.3 Å². The van der Waals surface area contributed by atoms with E-state index in [2.05, 4.69) is 29.0 Å². The molecule has 20 heavy (non-hydrogen) atoms. The summed E-state index contributed by atoms with van der Waals surface area (Å²) in [6.07, 6.45) is 0.842. The first-order valence-corrected chi connectivity index (χ1v) is 8.60. The van der Waals surface area contributed by atoms with Crippen molar-refractivity contribution in [3.63, 3.8) is 0 Å². The number of hydrogen-bond acceptors (Lipinski definition) is 5. The number of nitrogens with two attached hydrogens (primary N) is 1. The van der Waals surface area contributed by atoms with E-state index in [-0.39, 0.29) is 11.8 Å². The minimum atomic E-state index is -3.64. The summed E-state index contributed by atoms with van der Waals surface area (Å²) in [6.45, 7) is 4.22. The predicted molar refractivity (Wildman–Crippen MR) is 79.8 cm³/mol. The van der Waals surface area contributed by atoms with Crippen LogP contribution in [0.5, 0.6) is 0 Å². The molecule has 2 aromatic rings. The van der Waals surface area contributed by atoms with Gasteiger partial charge in [-0.1, -0.05) is 13.8 Å². The minimum absolute atomic E-state index is 0.250. The molecule has 7 nitrogen and oxygen atoms in total. The Morgan fingerprint density at radius 3 is 3.00 bits per heavy atom. The van der Waals surface area contributed by atoms with Crippen LogP contribution in [0.3, 0.4) is 0 Å². The van der Waals surface area contributed by atoms with Crippen molar-refractivity contribution in [3.8, 4) is 11.3 Å². The van der Waals surface area contributed by atoms with Crippen LogP contribution in [0.2, 0.25) is 0 Å². The van der Waals surface area contributed by atoms with Crippen LogP contribution in [-0.4, -0.2) is 9.88 Å². The van der Waals surface area contributed by atoms with Gasteiger partial charge in [0.15, 0.2) is 5.13 Å². The maximum Gasteiger partial charge on any atom is 0.393 e. The lowest BCUT2D eigenvalue weighted by Crippen LogP contribution is -2.07. The molecule has 1 unspecified atom stereocenters. The van der Waals surface area contributed by atoms with Crippen molar-refractivity contribution in [1.82, 2.24) is 4.98 Å². The number of nitrogens with zero attached hydrogens (tertiary/aromatic N) is 1. The third kappa shape index (κ3) is 2.42. The van der Waals surface area contributed by atoms with Gasteiger partial charge in [0, 0.05) is 10.9 Å². The van der Waals surface area contributed by atoms with Gasteiger partial charge < -0.3 is 15.0 Å². The van der Waals surface area contributed by atoms with Crippen LogP contribution in [0.1, 0.15) is 18.7 Å². The lowest BCUT2D eigenvalue weighted by molar-refractivity contribution is 0.478. The molecule has 108 valence electrons. The van der Waals surface area contributed by atoms with Crippen molar-refractivity contribution >= 4 is 35.9 Å². The minimum Gasteiger partial charge on any atom is -0.424 e. The second kappa shape index (κ2) is 4.51. The molecule has 1 aliphatic rings. The second-order valence-electron chi connectivity index (χ2n) is 5.07. The van der Waals surface area contributed by atoms with E-state index in [0.29, 0.717) is 22.3 Å². The van der Waals surface area contributed by atoms with Crippen LogP contribution in [-0.2, 0) is 11.0 Å². The van der Waals surface area contributed by atoms with Gasteiger partial charge in [0.05, 0.1) is 11.3 Å². The molecule has 3 heterocycles. The van der Waals surface area contributed by atoms with E-state index in [9.17, 15) is 9.46 Å². The fourth-order valence-electron chi connectivity index (χ4n) is 2.11. The highest BCUT2D eigenvalue weighted by atomic mass is 32.1. The first-order chi connectivity index (χ1) is 9.34. The van der Waals surface area contributed by atoms with E-state index in [1.807, 2.05) is 0 Å². The Hall–Kier alpha value is -1.50. The Kier molecular flexibility index (Phi) is 3.04. The highest BCUT2D eigenvalue weighted by Gasteiger charge is 2.31. The molecule has 0 saturated carbocycles. The summed E-state index contributed by atoms with van der Waals surface area (Å²) in [5.41, 5.74) is 7.16. The highest BCUT2D eigenvalue weighted by molar-refractivity contribution is 7.61. The van der Waals surface area contributed by atoms with Crippen LogP contribution in [0.15, 0.2) is 10.5 Å². The average molecular weight is 314 g/mol. The average Bonchev–Trinajstić information content (AvgIpc) is 2.77. The molecular weight excluding hydrogens is 299 g/mol. The third-order valence-corrected chi connectivity index (χ3v) is 4.75. The first-order valence-electron chi connectivity index (χ1n) is 6.13. The Labute approximate surface area is 119 Å². The van der Waals surface area contributed by atoms with Crippen LogP contribution in [0, 0.1) is 5.92 Å². The maximum absolute atomic E-state index is 11.7. The van der Waals surface area contributed by atoms with E-state index in [1.54, 1.807) is 6.07 Å². The zero-order valence-corrected chi connectivity index (χ0v) is 12.7. The molecule has 2 aromatic heterocycles. The molecule has 2 bridgehead atoms. The van der Waals surface area contributed by atoms with Crippen molar-refractivity contribution in [2.45, 2.75) is 20.3 Å². The lowest BCUT2D eigenvalue weighted by atomic mass is 10.1. The number of anilines is 3. The van der Waals surface area contributed by atoms with Crippen molar-refractivity contribution in [3.05, 3.63) is 10.9 Å². The quantitative estimate of drug-likeness (QED) is 0.644. The van der Waals surface area contributed by atoms with E-state index < -0.39 is 7.67 Å². The molecule has 0 radical (unpaired) electrons. The van der Waals surface area contributed by atoms with E-state index >= 15 is 0 Å². The molecule has 0 amide bonds. The summed E-state index contributed by atoms with van der Waals surface area (Å²) in [7, 11) is -3.64. The molecule has 0 spiro atoms. The number of aromatic nitrogens is 1. The molecule has 0 fully saturated rings. The molecule has 1 aliphatic heterocycles. The summed E-state index contributed by atoms with van der Waals surface area (Å²) in [5, 5.41) is 5.32. The number of fused-ring (bicyclic) bond motifs is 2. The van der Waals surface area contributed by atoms with Crippen molar-refractivity contribution < 1.29 is 13.9 Å². The first kappa shape index (κ1) is 13.5. The Bertz CT molecular complexity index is 709. The fourth-order valence-corrected chi connectivity index (χ4v) is 4.07. The number of rotatable bonds is 3. The molecule has 0 saturated heterocycles. The third-order valence-electron chi connectivity index (χ3n) is 2.81. The van der Waals surface area contributed by atoms with Crippen molar-refractivity contribution in [2.24, 2.45) is 5.92 Å². The normalized spacial score (nSPS) is 20.8. The SMILES string of the molecule is CC(C)Cc1sc(N)nc1-c1cc2oc1NP(=O)(O)N2. The van der Waals surface area contributed by atoms with Crippen LogP contribution >= 0.6 is 19.0 Å². The molecule has 3 rings (SSSR count). The van der Waals surface area contributed by atoms with Gasteiger partial charge in [-0.15, -0.1) is 11.3 Å². The number of nitrogens with one attached hydrogen (secondary N) is 2. The number of furan rings is 1. The highest BCUT2D eigenvalue weighted by Crippen LogP contribution is 2.52. The summed E-state index contributed by atoms with van der Waals surface area (Å²) in [6, 6.07) is 1.66. The molecule has 0 aromatic carbocycles. The van der Waals surface area contributed by atoms with Gasteiger partial charge >= 0.3 is 7.67 Å². The van der Waals surface area contributed by atoms with Crippen molar-refractivity contribution in [1.29, 1.82) is 0 Å². The summed E-state index contributed by atoms with van der Waals surface area (Å²) >= 11 is 1.43. The van der Waals surface area contributed by atoms with E-state index in [0.717, 1.165) is 11.3 Å². The Morgan fingerprint density at radius 1 is 1.55 bits per heavy atom. The predicted octanol–water partition coefficient (Wildman–Crippen LogP) is 3.12. The Balaban J connectivity index is 2.06. The molecule has 1 atom stereocenters. The van der Waals surface area contributed by atoms with Crippen LogP contribution in [0.25, 0.3) is 11.3 Å². The molecule has 0 aliphatic carbocycles. The summed E-state index contributed by atoms with van der Waals surface area (Å²) < 4.78 is 17.1. The molecular formula is C11H15N4O3PS. The molecule has 5 N–H and O–H groups in total. The molecule has 9 heteroatoms. The summed E-state index contributed by atoms with van der Waals surface area (Å²) in [4.78, 5) is 14.9. The van der Waals surface area contributed by atoms with Gasteiger partial charge in [0.1, 0.15) is 0 Å². The van der Waals surface area contributed by atoms with Crippen LogP contribution in [0.4, 0.5) is 16.9 Å². The zero-order chi connectivity index (χ0) is 14.5. The zero-order valence-electron chi connectivity index (χ0n) is 11.0. The summed E-state index contributed by atoms with van der Waals surface area (Å²) in [5.74, 6) is 0.963. The number of hydrogen-bond donors (Lipinski definition) is 4. The van der Waals surface area contributed by atoms with Crippen LogP contribution < -0.4 is 15.9 Å². The number of thiazole rings is 1. The second-order valence-corrected chi connectivity index (χ2v) is 7.79. The van der Waals surface area contributed by atoms with E-state index in [1.165, 1.54) is 11.3 Å². The largest absolute Gasteiger partial charge is 0.424 e. The van der Waals surface area contributed by atoms with Gasteiger partial charge in [-0.3, -0.25) is 10.2 Å². The monoisotopic (exact) mass is 314 g/mol. The topological polar surface area (TPSA) is 113 Å². The Morgan fingerprint density at radius 2 is 2.30 bits per heavy atom. The lowest BCUT2D eigenvalue weighted by Gasteiger charge is -2.16. The van der Waals surface area contributed by atoms with Gasteiger partial charge in [0.2, 0.25) is 11.8 Å². The van der Waals surface area contributed by atoms with Gasteiger partial charge in [-0.25, -0.2) is 9.55 Å². The van der Waals surface area contributed by atoms with E-state index in [4.69, 9.17) is 10.2 Å². The standard InChI is InChI=1S/C11H15N4O3PS/c1-5(2)3-7-9(13-11(12)20-7)6-4-8-14-19(16,17)15-10(6)18-8/h4-5H,3H2,1-2H3,(H2,12,13)(H3,14,15,16,17). The maximum atomic E-state index is 11.7. The van der Waals surface area contributed by atoms with Gasteiger partial charge in [0.25, 0.3) is 0 Å². The number of nitrogen functional groups attached to an aromatic ring is 1.